The van der Waals surface area contributed by atoms with Gasteiger partial charge in [-0.25, -0.2) is 4.79 Å². The minimum absolute atomic E-state index is 0.0455. The molecule has 6 N–H and O–H groups in total. The second kappa shape index (κ2) is 10.4. The molecule has 0 bridgehead atoms. The number of aromatic amines is 2. The summed E-state index contributed by atoms with van der Waals surface area (Å²) < 4.78 is 23.0. The highest BCUT2D eigenvalue weighted by Gasteiger charge is 2.38. The Morgan fingerprint density at radius 2 is 1.93 bits per heavy atom. The standard InChI is InChI=1S/C16H29N2O9P/c1-4-12(21)28(24,25)27-16(3,5-2)6-7-26-13(11(20)9-19)10-8-17-15(23)18-14(10)22/h8,11-13,19-21H,4-7,9H2,1-3H3,(H,24,25)(H2,17,18,22,23)/t11-,12?,13+,16?/m1/s1. The molecule has 1 aromatic heterocycles. The van der Waals surface area contributed by atoms with E-state index >= 15 is 0 Å². The van der Waals surface area contributed by atoms with Gasteiger partial charge in [-0.2, -0.15) is 0 Å². The first-order valence-corrected chi connectivity index (χ1v) is 10.6. The molecule has 11 nitrogen and oxygen atoms in total. The Labute approximate surface area is 161 Å². The highest BCUT2D eigenvalue weighted by atomic mass is 31.2. The van der Waals surface area contributed by atoms with Crippen LogP contribution >= 0.6 is 7.60 Å². The number of rotatable bonds is 12. The van der Waals surface area contributed by atoms with Gasteiger partial charge >= 0.3 is 13.3 Å². The van der Waals surface area contributed by atoms with Crippen molar-refractivity contribution < 1.29 is 34.0 Å². The molecule has 0 saturated heterocycles. The Bertz CT molecular complexity index is 780. The second-order valence-corrected chi connectivity index (χ2v) is 8.57. The number of aromatic nitrogens is 2. The summed E-state index contributed by atoms with van der Waals surface area (Å²) in [6, 6.07) is 0. The molecule has 0 radical (unpaired) electrons. The number of aliphatic hydroxyl groups is 3. The van der Waals surface area contributed by atoms with E-state index in [0.29, 0.717) is 6.42 Å². The van der Waals surface area contributed by atoms with Crippen LogP contribution in [0.1, 0.15) is 51.7 Å². The third kappa shape index (κ3) is 6.63. The van der Waals surface area contributed by atoms with Crippen molar-refractivity contribution in [3.05, 3.63) is 32.6 Å². The average molecular weight is 424 g/mol. The zero-order valence-electron chi connectivity index (χ0n) is 16.1. The van der Waals surface area contributed by atoms with Crippen LogP contribution < -0.4 is 11.2 Å². The molecule has 0 aromatic carbocycles. The van der Waals surface area contributed by atoms with Crippen LogP contribution in [0.3, 0.4) is 0 Å². The summed E-state index contributed by atoms with van der Waals surface area (Å²) in [6.07, 6.45) is -1.13. The van der Waals surface area contributed by atoms with Crippen molar-refractivity contribution in [2.45, 2.75) is 63.7 Å². The smallest absolute Gasteiger partial charge is 0.356 e. The van der Waals surface area contributed by atoms with E-state index in [2.05, 4.69) is 4.98 Å². The number of aliphatic hydroxyl groups excluding tert-OH is 3. The molecular weight excluding hydrogens is 395 g/mol. The molecule has 1 heterocycles. The quantitative estimate of drug-likeness (QED) is 0.251. The van der Waals surface area contributed by atoms with Crippen LogP contribution in [0.4, 0.5) is 0 Å². The molecule has 0 saturated carbocycles. The Morgan fingerprint density at radius 3 is 2.43 bits per heavy atom. The molecule has 0 amide bonds. The van der Waals surface area contributed by atoms with Crippen molar-refractivity contribution in [3.8, 4) is 0 Å². The molecule has 12 heteroatoms. The van der Waals surface area contributed by atoms with Crippen LogP contribution in [-0.4, -0.2) is 60.9 Å². The lowest BCUT2D eigenvalue weighted by Crippen LogP contribution is -2.35. The monoisotopic (exact) mass is 424 g/mol. The number of H-pyrrole nitrogens is 2. The molecule has 162 valence electrons. The summed E-state index contributed by atoms with van der Waals surface area (Å²) in [5, 5.41) is 28.9. The van der Waals surface area contributed by atoms with Gasteiger partial charge in [-0.05, 0) is 19.8 Å². The fourth-order valence-electron chi connectivity index (χ4n) is 2.43. The maximum atomic E-state index is 12.2. The minimum Gasteiger partial charge on any atom is -0.394 e. The summed E-state index contributed by atoms with van der Waals surface area (Å²) in [4.78, 5) is 37.3. The van der Waals surface area contributed by atoms with Gasteiger partial charge in [0.2, 0.25) is 0 Å². The van der Waals surface area contributed by atoms with Crippen LogP contribution in [0.15, 0.2) is 15.8 Å². The van der Waals surface area contributed by atoms with Gasteiger partial charge < -0.3 is 34.5 Å². The first-order valence-electron chi connectivity index (χ1n) is 8.93. The van der Waals surface area contributed by atoms with Gasteiger partial charge in [0.15, 0.2) is 5.85 Å². The van der Waals surface area contributed by atoms with Crippen molar-refractivity contribution in [2.75, 3.05) is 13.2 Å². The summed E-state index contributed by atoms with van der Waals surface area (Å²) in [7, 11) is -4.27. The van der Waals surface area contributed by atoms with Gasteiger partial charge in [-0.3, -0.25) is 14.3 Å². The number of nitrogens with one attached hydrogen (secondary N) is 2. The lowest BCUT2D eigenvalue weighted by Gasteiger charge is -2.33. The molecular formula is C16H29N2O9P. The molecule has 0 spiro atoms. The van der Waals surface area contributed by atoms with Crippen molar-refractivity contribution in [1.82, 2.24) is 9.97 Å². The van der Waals surface area contributed by atoms with E-state index in [1.807, 2.05) is 4.98 Å². The summed E-state index contributed by atoms with van der Waals surface area (Å²) >= 11 is 0. The molecule has 0 aliphatic rings. The molecule has 0 fully saturated rings. The Morgan fingerprint density at radius 1 is 1.29 bits per heavy atom. The van der Waals surface area contributed by atoms with Crippen molar-refractivity contribution >= 4 is 7.60 Å². The van der Waals surface area contributed by atoms with E-state index < -0.39 is 49.1 Å². The van der Waals surface area contributed by atoms with Gasteiger partial charge in [-0.15, -0.1) is 0 Å². The van der Waals surface area contributed by atoms with Crippen molar-refractivity contribution in [3.63, 3.8) is 0 Å². The fraction of sp³-hybridized carbons (Fsp3) is 0.750. The molecule has 1 aromatic rings. The van der Waals surface area contributed by atoms with E-state index in [-0.39, 0.29) is 25.0 Å². The third-order valence-corrected chi connectivity index (χ3v) is 6.28. The molecule has 0 aliphatic heterocycles. The Kier molecular flexibility index (Phi) is 9.22. The van der Waals surface area contributed by atoms with Gasteiger partial charge in [-0.1, -0.05) is 13.8 Å². The van der Waals surface area contributed by atoms with Crippen LogP contribution in [0.25, 0.3) is 0 Å². The predicted molar refractivity (Wildman–Crippen MR) is 100.0 cm³/mol. The van der Waals surface area contributed by atoms with E-state index in [0.717, 1.165) is 6.20 Å². The minimum atomic E-state index is -4.27. The zero-order valence-corrected chi connectivity index (χ0v) is 17.0. The van der Waals surface area contributed by atoms with Gasteiger partial charge in [0.25, 0.3) is 5.56 Å². The van der Waals surface area contributed by atoms with Gasteiger partial charge in [0.05, 0.1) is 24.4 Å². The van der Waals surface area contributed by atoms with Crippen molar-refractivity contribution in [2.24, 2.45) is 0 Å². The van der Waals surface area contributed by atoms with Crippen molar-refractivity contribution in [1.29, 1.82) is 0 Å². The fourth-order valence-corrected chi connectivity index (χ4v) is 3.87. The summed E-state index contributed by atoms with van der Waals surface area (Å²) in [5.41, 5.74) is -2.71. The lowest BCUT2D eigenvalue weighted by atomic mass is 10.00. The molecule has 3 unspecified atom stereocenters. The number of hydrogen-bond donors (Lipinski definition) is 6. The molecule has 5 atom stereocenters. The van der Waals surface area contributed by atoms with E-state index in [9.17, 15) is 34.4 Å². The highest BCUT2D eigenvalue weighted by molar-refractivity contribution is 7.53. The largest absolute Gasteiger partial charge is 0.394 e. The van der Waals surface area contributed by atoms with E-state index in [1.165, 1.54) is 0 Å². The van der Waals surface area contributed by atoms with E-state index in [1.54, 1.807) is 20.8 Å². The first kappa shape index (κ1) is 24.7. The molecule has 0 aliphatic carbocycles. The van der Waals surface area contributed by atoms with Gasteiger partial charge in [0, 0.05) is 12.6 Å². The molecule has 1 rings (SSSR count). The topological polar surface area (TPSA) is 182 Å². The van der Waals surface area contributed by atoms with Crippen LogP contribution in [0.5, 0.6) is 0 Å². The van der Waals surface area contributed by atoms with Gasteiger partial charge in [0.1, 0.15) is 12.2 Å². The zero-order chi connectivity index (χ0) is 21.5. The lowest BCUT2D eigenvalue weighted by molar-refractivity contribution is -0.0751. The van der Waals surface area contributed by atoms with Crippen LogP contribution in [0, 0.1) is 0 Å². The highest BCUT2D eigenvalue weighted by Crippen LogP contribution is 2.52. The Hall–Kier alpha value is -1.33. The predicted octanol–water partition coefficient (Wildman–Crippen LogP) is -0.0367. The second-order valence-electron chi connectivity index (χ2n) is 6.67. The van der Waals surface area contributed by atoms with Crippen LogP contribution in [0.2, 0.25) is 0 Å². The maximum Gasteiger partial charge on any atom is 0.356 e. The number of ether oxygens (including phenoxy) is 1. The third-order valence-electron chi connectivity index (χ3n) is 4.46. The average Bonchev–Trinajstić information content (AvgIpc) is 2.64. The number of hydrogen-bond acceptors (Lipinski definition) is 8. The normalized spacial score (nSPS) is 19.4. The van der Waals surface area contributed by atoms with E-state index in [4.69, 9.17) is 9.26 Å². The maximum absolute atomic E-state index is 12.2. The summed E-state index contributed by atoms with van der Waals surface area (Å²) in [5.74, 6) is -1.51. The molecule has 28 heavy (non-hydrogen) atoms. The van der Waals surface area contributed by atoms with Crippen LogP contribution in [-0.2, 0) is 13.8 Å². The SMILES string of the molecule is CCC(O)P(=O)(O)OC(C)(CC)CCO[C@@H](c1c[nH]c(=O)[nH]c1=O)[C@H](O)CO. The Balaban J connectivity index is 2.91. The summed E-state index contributed by atoms with van der Waals surface area (Å²) in [6.45, 7) is 4.05. The first-order chi connectivity index (χ1) is 13.0.